The van der Waals surface area contributed by atoms with E-state index < -0.39 is 5.60 Å². The van der Waals surface area contributed by atoms with Crippen molar-refractivity contribution in [3.8, 4) is 0 Å². The highest BCUT2D eigenvalue weighted by molar-refractivity contribution is 5.86. The Morgan fingerprint density at radius 2 is 1.46 bits per heavy atom. The fraction of sp³-hybridized carbons (Fsp3) is 0.435. The number of hydrogen-bond acceptors (Lipinski definition) is 3. The SMILES string of the molecule is COC(C(=O)OC1C[N+]2(C)CCC1CC2)(c1ccccc1)c1ccccc1.[Br-]. The number of likely N-dealkylation sites (N-methyl/N-ethyl adjacent to an activating group) is 1. The van der Waals surface area contributed by atoms with Crippen LogP contribution in [0.5, 0.6) is 0 Å². The van der Waals surface area contributed by atoms with Crippen molar-refractivity contribution in [1.82, 2.24) is 0 Å². The van der Waals surface area contributed by atoms with Crippen LogP contribution in [0.1, 0.15) is 24.0 Å². The Kier molecular flexibility index (Phi) is 6.28. The summed E-state index contributed by atoms with van der Waals surface area (Å²) in [5.41, 5.74) is 0.350. The molecule has 0 amide bonds. The van der Waals surface area contributed by atoms with Gasteiger partial charge in [0.2, 0.25) is 5.60 Å². The molecule has 3 aliphatic heterocycles. The molecule has 3 aliphatic rings. The van der Waals surface area contributed by atoms with Crippen molar-refractivity contribution in [2.24, 2.45) is 5.92 Å². The quantitative estimate of drug-likeness (QED) is 0.492. The minimum Gasteiger partial charge on any atom is -1.00 e. The molecule has 5 rings (SSSR count). The van der Waals surface area contributed by atoms with E-state index in [4.69, 9.17) is 9.47 Å². The molecule has 28 heavy (non-hydrogen) atoms. The summed E-state index contributed by atoms with van der Waals surface area (Å²) in [4.78, 5) is 13.6. The molecule has 3 heterocycles. The van der Waals surface area contributed by atoms with E-state index in [0.717, 1.165) is 35.0 Å². The number of carbonyl (C=O) groups excluding carboxylic acids is 1. The van der Waals surface area contributed by atoms with E-state index in [0.29, 0.717) is 5.92 Å². The van der Waals surface area contributed by atoms with Crippen LogP contribution < -0.4 is 17.0 Å². The van der Waals surface area contributed by atoms with Gasteiger partial charge in [-0.15, -0.1) is 0 Å². The summed E-state index contributed by atoms with van der Waals surface area (Å²) in [6.07, 6.45) is 2.22. The second kappa shape index (κ2) is 8.36. The zero-order valence-electron chi connectivity index (χ0n) is 16.5. The smallest absolute Gasteiger partial charge is 0.348 e. The lowest BCUT2D eigenvalue weighted by molar-refractivity contribution is -0.928. The number of ether oxygens (including phenoxy) is 2. The van der Waals surface area contributed by atoms with Gasteiger partial charge in [0.1, 0.15) is 6.54 Å². The number of hydrogen-bond donors (Lipinski definition) is 0. The first-order chi connectivity index (χ1) is 13.1. The number of esters is 1. The molecule has 2 aromatic rings. The molecule has 1 unspecified atom stereocenters. The van der Waals surface area contributed by atoms with Crippen LogP contribution in [0.25, 0.3) is 0 Å². The second-order valence-corrected chi connectivity index (χ2v) is 8.15. The predicted octanol–water partition coefficient (Wildman–Crippen LogP) is 0.363. The standard InChI is InChI=1S/C23H28NO3.BrH/c1-24-15-13-18(14-16-24)21(17-24)27-22(25)23(26-2,19-9-5-3-6-10-19)20-11-7-4-8-12-20;/h3-12,18,21H,13-17H2,1-2H3;1H/q+1;/p-1. The van der Waals surface area contributed by atoms with Gasteiger partial charge >= 0.3 is 5.97 Å². The fourth-order valence-electron chi connectivity index (χ4n) is 4.77. The third kappa shape index (κ3) is 3.63. The Morgan fingerprint density at radius 1 is 0.964 bits per heavy atom. The topological polar surface area (TPSA) is 35.5 Å². The molecule has 3 fully saturated rings. The largest absolute Gasteiger partial charge is 1.00 e. The lowest BCUT2D eigenvalue weighted by Gasteiger charge is -2.50. The average Bonchev–Trinajstić information content (AvgIpc) is 2.71. The summed E-state index contributed by atoms with van der Waals surface area (Å²) in [6.45, 7) is 3.27. The van der Waals surface area contributed by atoms with Gasteiger partial charge in [-0.25, -0.2) is 4.79 Å². The summed E-state index contributed by atoms with van der Waals surface area (Å²) in [5.74, 6) is 0.155. The van der Waals surface area contributed by atoms with Gasteiger partial charge in [-0.3, -0.25) is 0 Å². The van der Waals surface area contributed by atoms with Gasteiger partial charge in [0, 0.05) is 25.9 Å². The molecule has 2 aromatic carbocycles. The minimum absolute atomic E-state index is 0. The number of carbonyl (C=O) groups is 1. The van der Waals surface area contributed by atoms with Gasteiger partial charge in [-0.2, -0.15) is 0 Å². The van der Waals surface area contributed by atoms with Crippen molar-refractivity contribution in [2.75, 3.05) is 33.8 Å². The molecule has 3 saturated heterocycles. The number of rotatable bonds is 5. The number of quaternary nitrogens is 1. The van der Waals surface area contributed by atoms with Crippen molar-refractivity contribution in [3.63, 3.8) is 0 Å². The monoisotopic (exact) mass is 445 g/mol. The van der Waals surface area contributed by atoms with Gasteiger partial charge in [0.25, 0.3) is 0 Å². The van der Waals surface area contributed by atoms with E-state index >= 15 is 0 Å². The molecule has 0 radical (unpaired) electrons. The number of fused-ring (bicyclic) bond motifs is 3. The molecular weight excluding hydrogens is 418 g/mol. The molecule has 4 nitrogen and oxygen atoms in total. The molecule has 0 aromatic heterocycles. The maximum atomic E-state index is 13.6. The Balaban J connectivity index is 0.00000225. The van der Waals surface area contributed by atoms with Crippen molar-refractivity contribution in [3.05, 3.63) is 71.8 Å². The second-order valence-electron chi connectivity index (χ2n) is 8.15. The van der Waals surface area contributed by atoms with Crippen molar-refractivity contribution in [2.45, 2.75) is 24.5 Å². The molecule has 0 spiro atoms. The molecule has 1 atom stereocenters. The third-order valence-corrected chi connectivity index (χ3v) is 6.44. The molecule has 2 bridgehead atoms. The zero-order valence-corrected chi connectivity index (χ0v) is 18.1. The van der Waals surface area contributed by atoms with E-state index in [1.54, 1.807) is 7.11 Å². The minimum atomic E-state index is -1.24. The van der Waals surface area contributed by atoms with Gasteiger partial charge < -0.3 is 30.9 Å². The molecular formula is C23H28BrNO3. The first kappa shape index (κ1) is 21.0. The number of piperidine rings is 3. The highest BCUT2D eigenvalue weighted by atomic mass is 79.9. The number of methoxy groups -OCH3 is 1. The summed E-state index contributed by atoms with van der Waals surface area (Å²) in [7, 11) is 3.86. The van der Waals surface area contributed by atoms with Crippen LogP contribution in [0, 0.1) is 5.92 Å². The van der Waals surface area contributed by atoms with E-state index in [-0.39, 0.29) is 29.1 Å². The summed E-state index contributed by atoms with van der Waals surface area (Å²) in [5, 5.41) is 0. The first-order valence-electron chi connectivity index (χ1n) is 9.78. The Hall–Kier alpha value is -1.69. The third-order valence-electron chi connectivity index (χ3n) is 6.44. The summed E-state index contributed by atoms with van der Waals surface area (Å²) in [6, 6.07) is 19.3. The first-order valence-corrected chi connectivity index (χ1v) is 9.78. The summed E-state index contributed by atoms with van der Waals surface area (Å²) >= 11 is 0. The van der Waals surface area contributed by atoms with Gasteiger partial charge in [-0.1, -0.05) is 60.7 Å². The van der Waals surface area contributed by atoms with Crippen molar-refractivity contribution >= 4 is 5.97 Å². The van der Waals surface area contributed by atoms with E-state index in [2.05, 4.69) is 7.05 Å². The van der Waals surface area contributed by atoms with Crippen molar-refractivity contribution in [1.29, 1.82) is 0 Å². The summed E-state index contributed by atoms with van der Waals surface area (Å²) < 4.78 is 13.1. The van der Waals surface area contributed by atoms with E-state index in [9.17, 15) is 4.79 Å². The van der Waals surface area contributed by atoms with E-state index in [1.165, 1.54) is 13.1 Å². The van der Waals surface area contributed by atoms with Crippen LogP contribution >= 0.6 is 0 Å². The molecule has 150 valence electrons. The number of halogens is 1. The van der Waals surface area contributed by atoms with Crippen LogP contribution in [0.15, 0.2) is 60.7 Å². The van der Waals surface area contributed by atoms with Gasteiger partial charge in [-0.05, 0) is 11.1 Å². The average molecular weight is 446 g/mol. The van der Waals surface area contributed by atoms with Crippen LogP contribution in [0.3, 0.4) is 0 Å². The lowest BCUT2D eigenvalue weighted by atomic mass is 9.83. The molecule has 0 aliphatic carbocycles. The normalized spacial score (nSPS) is 26.4. The Labute approximate surface area is 177 Å². The molecule has 5 heteroatoms. The van der Waals surface area contributed by atoms with Crippen LogP contribution in [-0.4, -0.2) is 50.3 Å². The highest BCUT2D eigenvalue weighted by Crippen LogP contribution is 2.38. The maximum absolute atomic E-state index is 13.6. The predicted molar refractivity (Wildman–Crippen MR) is 104 cm³/mol. The molecule has 0 saturated carbocycles. The molecule has 0 N–H and O–H groups in total. The van der Waals surface area contributed by atoms with Gasteiger partial charge in [0.05, 0.1) is 20.1 Å². The van der Waals surface area contributed by atoms with Crippen LogP contribution in [0.4, 0.5) is 0 Å². The maximum Gasteiger partial charge on any atom is 0.348 e. The van der Waals surface area contributed by atoms with Gasteiger partial charge in [0.15, 0.2) is 6.10 Å². The van der Waals surface area contributed by atoms with Crippen LogP contribution in [-0.2, 0) is 19.9 Å². The van der Waals surface area contributed by atoms with Crippen LogP contribution in [0.2, 0.25) is 0 Å². The van der Waals surface area contributed by atoms with Crippen molar-refractivity contribution < 1.29 is 35.7 Å². The fourth-order valence-corrected chi connectivity index (χ4v) is 4.77. The lowest BCUT2D eigenvalue weighted by Crippen LogP contribution is -3.00. The highest BCUT2D eigenvalue weighted by Gasteiger charge is 2.50. The Morgan fingerprint density at radius 3 is 1.89 bits per heavy atom. The van der Waals surface area contributed by atoms with E-state index in [1.807, 2.05) is 60.7 Å². The number of nitrogens with zero attached hydrogens (tertiary/aromatic N) is 1. The Bertz CT molecular complexity index is 749. The number of benzene rings is 2. The zero-order chi connectivity index (χ0) is 18.9.